The highest BCUT2D eigenvalue weighted by molar-refractivity contribution is 6.04. The number of hydrogen-bond donors (Lipinski definition) is 3. The number of amides is 1. The molecular formula is C19H23N3O4. The average Bonchev–Trinajstić information content (AvgIpc) is 2.89. The predicted molar refractivity (Wildman–Crippen MR) is 99.8 cm³/mol. The van der Waals surface area contributed by atoms with E-state index in [0.717, 1.165) is 5.69 Å². The monoisotopic (exact) mass is 357 g/mol. The number of ketones is 1. The molecule has 0 saturated heterocycles. The molecule has 0 fully saturated rings. The Morgan fingerprint density at radius 2 is 1.65 bits per heavy atom. The highest BCUT2D eigenvalue weighted by Crippen LogP contribution is 2.21. The second-order valence-corrected chi connectivity index (χ2v) is 6.11. The van der Waals surface area contributed by atoms with Crippen LogP contribution in [-0.2, 0) is 9.53 Å². The van der Waals surface area contributed by atoms with Crippen molar-refractivity contribution in [2.24, 2.45) is 0 Å². The Balaban J connectivity index is 2.15. The molecule has 1 heterocycles. The van der Waals surface area contributed by atoms with Crippen LogP contribution in [0.2, 0.25) is 0 Å². The van der Waals surface area contributed by atoms with E-state index in [1.807, 2.05) is 0 Å². The number of benzene rings is 1. The number of ether oxygens (including phenoxy) is 1. The van der Waals surface area contributed by atoms with Gasteiger partial charge in [0.25, 0.3) is 0 Å². The number of rotatable bonds is 6. The number of esters is 1. The van der Waals surface area contributed by atoms with E-state index in [1.165, 1.54) is 14.0 Å². The third-order valence-corrected chi connectivity index (χ3v) is 4.06. The summed E-state index contributed by atoms with van der Waals surface area (Å²) in [6.45, 7) is 6.64. The number of aromatic amines is 1. The van der Waals surface area contributed by atoms with Gasteiger partial charge in [-0.15, -0.1) is 0 Å². The van der Waals surface area contributed by atoms with Crippen molar-refractivity contribution in [1.82, 2.24) is 4.98 Å². The molecule has 0 aliphatic heterocycles. The van der Waals surface area contributed by atoms with E-state index >= 15 is 0 Å². The van der Waals surface area contributed by atoms with Gasteiger partial charge in [-0.2, -0.15) is 0 Å². The Labute approximate surface area is 152 Å². The van der Waals surface area contributed by atoms with Gasteiger partial charge in [0.1, 0.15) is 0 Å². The van der Waals surface area contributed by atoms with Crippen molar-refractivity contribution in [3.8, 4) is 0 Å². The van der Waals surface area contributed by atoms with Crippen molar-refractivity contribution in [2.75, 3.05) is 17.7 Å². The van der Waals surface area contributed by atoms with Gasteiger partial charge in [0.2, 0.25) is 11.7 Å². The van der Waals surface area contributed by atoms with E-state index in [1.54, 1.807) is 45.0 Å². The van der Waals surface area contributed by atoms with Gasteiger partial charge < -0.3 is 20.4 Å². The molecule has 3 N–H and O–H groups in total. The maximum Gasteiger partial charge on any atom is 0.339 e. The molecule has 1 atom stereocenters. The minimum atomic E-state index is -0.510. The standard InChI is InChI=1S/C19H23N3O4/c1-10-16(19(25)26-5)11(2)21-17(10)18(24)12(3)20-14-6-8-15(9-7-14)22-13(4)23/h6-9,12,20-21H,1-5H3,(H,22,23)/t12-/m1/s1. The third-order valence-electron chi connectivity index (χ3n) is 4.06. The summed E-state index contributed by atoms with van der Waals surface area (Å²) in [6, 6.07) is 6.55. The Kier molecular flexibility index (Phi) is 5.82. The Morgan fingerprint density at radius 3 is 2.19 bits per heavy atom. The van der Waals surface area contributed by atoms with Gasteiger partial charge in [0, 0.05) is 24.0 Å². The first-order valence-electron chi connectivity index (χ1n) is 8.20. The Morgan fingerprint density at radius 1 is 1.08 bits per heavy atom. The summed E-state index contributed by atoms with van der Waals surface area (Å²) in [5, 5.41) is 5.81. The molecule has 0 aliphatic carbocycles. The van der Waals surface area contributed by atoms with E-state index in [4.69, 9.17) is 4.74 Å². The molecule has 1 amide bonds. The van der Waals surface area contributed by atoms with Crippen LogP contribution in [0.4, 0.5) is 11.4 Å². The van der Waals surface area contributed by atoms with Gasteiger partial charge in [-0.1, -0.05) is 0 Å². The lowest BCUT2D eigenvalue weighted by molar-refractivity contribution is -0.114. The lowest BCUT2D eigenvalue weighted by Crippen LogP contribution is -2.27. The van der Waals surface area contributed by atoms with E-state index in [2.05, 4.69) is 15.6 Å². The van der Waals surface area contributed by atoms with E-state index < -0.39 is 12.0 Å². The van der Waals surface area contributed by atoms with E-state index in [0.29, 0.717) is 28.2 Å². The average molecular weight is 357 g/mol. The highest BCUT2D eigenvalue weighted by Gasteiger charge is 2.25. The summed E-state index contributed by atoms with van der Waals surface area (Å²) in [5.74, 6) is -0.774. The number of nitrogens with one attached hydrogen (secondary N) is 3. The third kappa shape index (κ3) is 4.11. The fourth-order valence-corrected chi connectivity index (χ4v) is 2.79. The van der Waals surface area contributed by atoms with Crippen molar-refractivity contribution in [3.05, 3.63) is 46.8 Å². The van der Waals surface area contributed by atoms with Crippen LogP contribution < -0.4 is 10.6 Å². The van der Waals surface area contributed by atoms with Crippen LogP contribution in [0.15, 0.2) is 24.3 Å². The smallest absolute Gasteiger partial charge is 0.339 e. The number of methoxy groups -OCH3 is 1. The highest BCUT2D eigenvalue weighted by atomic mass is 16.5. The largest absolute Gasteiger partial charge is 0.465 e. The molecule has 1 aromatic heterocycles. The van der Waals surface area contributed by atoms with Crippen molar-refractivity contribution >= 4 is 29.0 Å². The van der Waals surface area contributed by atoms with Gasteiger partial charge in [0.15, 0.2) is 0 Å². The normalized spacial score (nSPS) is 11.6. The van der Waals surface area contributed by atoms with Crippen LogP contribution in [-0.4, -0.2) is 35.8 Å². The maximum atomic E-state index is 12.8. The molecular weight excluding hydrogens is 334 g/mol. The molecule has 1 aromatic carbocycles. The topological polar surface area (TPSA) is 100 Å². The zero-order valence-electron chi connectivity index (χ0n) is 15.5. The Hall–Kier alpha value is -3.09. The predicted octanol–water partition coefficient (Wildman–Crippen LogP) is 3.06. The van der Waals surface area contributed by atoms with Crippen molar-refractivity contribution in [1.29, 1.82) is 0 Å². The van der Waals surface area contributed by atoms with Gasteiger partial charge in [-0.05, 0) is 50.6 Å². The molecule has 0 bridgehead atoms. The summed E-state index contributed by atoms with van der Waals surface area (Å²) in [6.07, 6.45) is 0. The van der Waals surface area contributed by atoms with Crippen molar-refractivity contribution in [3.63, 3.8) is 0 Å². The van der Waals surface area contributed by atoms with Crippen LogP contribution in [0.1, 0.15) is 46.0 Å². The number of carbonyl (C=O) groups excluding carboxylic acids is 3. The Bertz CT molecular complexity index is 837. The fraction of sp³-hybridized carbons (Fsp3) is 0.316. The molecule has 0 saturated carbocycles. The van der Waals surface area contributed by atoms with Gasteiger partial charge in [-0.25, -0.2) is 4.79 Å². The molecule has 7 heteroatoms. The number of carbonyl (C=O) groups is 3. The summed E-state index contributed by atoms with van der Waals surface area (Å²) < 4.78 is 4.77. The molecule has 0 aliphatic rings. The van der Waals surface area contributed by atoms with Crippen LogP contribution in [0.3, 0.4) is 0 Å². The second-order valence-electron chi connectivity index (χ2n) is 6.11. The molecule has 2 rings (SSSR count). The number of anilines is 2. The van der Waals surface area contributed by atoms with Crippen LogP contribution in [0.25, 0.3) is 0 Å². The van der Waals surface area contributed by atoms with E-state index in [9.17, 15) is 14.4 Å². The molecule has 26 heavy (non-hydrogen) atoms. The number of H-pyrrole nitrogens is 1. The lowest BCUT2D eigenvalue weighted by atomic mass is 10.0. The number of Topliss-reactive ketones (excluding diaryl/α,β-unsaturated/α-hetero) is 1. The van der Waals surface area contributed by atoms with Crippen molar-refractivity contribution < 1.29 is 19.1 Å². The minimum Gasteiger partial charge on any atom is -0.465 e. The summed E-state index contributed by atoms with van der Waals surface area (Å²) >= 11 is 0. The fourth-order valence-electron chi connectivity index (χ4n) is 2.79. The minimum absolute atomic E-state index is 0.145. The van der Waals surface area contributed by atoms with Gasteiger partial charge in [0.05, 0.1) is 24.4 Å². The molecule has 138 valence electrons. The van der Waals surface area contributed by atoms with Crippen LogP contribution >= 0.6 is 0 Å². The second kappa shape index (κ2) is 7.86. The molecule has 0 radical (unpaired) electrons. The van der Waals surface area contributed by atoms with E-state index in [-0.39, 0.29) is 11.7 Å². The first-order chi connectivity index (χ1) is 12.2. The van der Waals surface area contributed by atoms with Crippen molar-refractivity contribution in [2.45, 2.75) is 33.7 Å². The molecule has 0 spiro atoms. The SMILES string of the molecule is COC(=O)c1c(C)[nH]c(C(=O)[C@@H](C)Nc2ccc(NC(C)=O)cc2)c1C. The lowest BCUT2D eigenvalue weighted by Gasteiger charge is -2.14. The molecule has 0 unspecified atom stereocenters. The first kappa shape index (κ1) is 19.2. The van der Waals surface area contributed by atoms with Crippen LogP contribution in [0, 0.1) is 13.8 Å². The quantitative estimate of drug-likeness (QED) is 0.545. The van der Waals surface area contributed by atoms with Crippen LogP contribution in [0.5, 0.6) is 0 Å². The first-order valence-corrected chi connectivity index (χ1v) is 8.20. The number of aryl methyl sites for hydroxylation is 1. The zero-order chi connectivity index (χ0) is 19.4. The summed E-state index contributed by atoms with van der Waals surface area (Å²) in [5.41, 5.74) is 3.38. The number of hydrogen-bond acceptors (Lipinski definition) is 5. The molecule has 2 aromatic rings. The summed E-state index contributed by atoms with van der Waals surface area (Å²) in [4.78, 5) is 38.6. The molecule has 7 nitrogen and oxygen atoms in total. The van der Waals surface area contributed by atoms with Gasteiger partial charge in [-0.3, -0.25) is 9.59 Å². The number of aromatic nitrogens is 1. The van der Waals surface area contributed by atoms with Gasteiger partial charge >= 0.3 is 5.97 Å². The zero-order valence-corrected chi connectivity index (χ0v) is 15.5. The summed E-state index contributed by atoms with van der Waals surface area (Å²) in [7, 11) is 1.31. The maximum absolute atomic E-state index is 12.8.